The van der Waals surface area contributed by atoms with Crippen LogP contribution in [0.15, 0.2) is 51.7 Å². The quantitative estimate of drug-likeness (QED) is 0.578. The van der Waals surface area contributed by atoms with Gasteiger partial charge in [-0.05, 0) is 55.8 Å². The molecule has 0 aliphatic rings. The average molecular weight is 320 g/mol. The number of benzene rings is 2. The highest BCUT2D eigenvalue weighted by Gasteiger charge is 2.12. The Labute approximate surface area is 137 Å². The first kappa shape index (κ1) is 14.5. The third-order valence-corrected chi connectivity index (χ3v) is 3.91. The number of fused-ring (bicyclic) bond motifs is 2. The fraction of sp³-hybridized carbons (Fsp3) is 0.158. The summed E-state index contributed by atoms with van der Waals surface area (Å²) in [6.07, 6.45) is 0. The van der Waals surface area contributed by atoms with Crippen LogP contribution in [-0.2, 0) is 0 Å². The van der Waals surface area contributed by atoms with Gasteiger partial charge in [0.15, 0.2) is 0 Å². The third-order valence-electron chi connectivity index (χ3n) is 3.91. The molecule has 0 fully saturated rings. The van der Waals surface area contributed by atoms with Crippen molar-refractivity contribution in [2.24, 2.45) is 0 Å². The average Bonchev–Trinajstić information content (AvgIpc) is 2.97. The van der Waals surface area contributed by atoms with E-state index in [1.807, 2.05) is 38.1 Å². The Kier molecular flexibility index (Phi) is 3.34. The first-order chi connectivity index (χ1) is 11.6. The normalized spacial score (nSPS) is 11.2. The van der Waals surface area contributed by atoms with E-state index in [0.717, 1.165) is 27.7 Å². The standard InChI is InChI=1S/C19H16N2O3/c1-3-23-13-5-7-17-12(9-13)10-14(19(22)24-17)18-20-15-6-4-11(2)8-16(15)21-18/h4-10H,3H2,1-2H3,(H,20,21). The Morgan fingerprint density at radius 3 is 2.88 bits per heavy atom. The Hall–Kier alpha value is -3.08. The lowest BCUT2D eigenvalue weighted by Gasteiger charge is -2.04. The van der Waals surface area contributed by atoms with Crippen molar-refractivity contribution in [3.63, 3.8) is 0 Å². The highest BCUT2D eigenvalue weighted by molar-refractivity contribution is 5.84. The van der Waals surface area contributed by atoms with Crippen LogP contribution in [0.3, 0.4) is 0 Å². The van der Waals surface area contributed by atoms with Crippen LogP contribution in [0.25, 0.3) is 33.4 Å². The van der Waals surface area contributed by atoms with Gasteiger partial charge in [-0.3, -0.25) is 0 Å². The smallest absolute Gasteiger partial charge is 0.347 e. The van der Waals surface area contributed by atoms with Crippen LogP contribution < -0.4 is 10.4 Å². The SMILES string of the molecule is CCOc1ccc2oc(=O)c(-c3nc4ccc(C)cc4[nH]3)cc2c1. The van der Waals surface area contributed by atoms with Gasteiger partial charge in [0, 0.05) is 5.39 Å². The van der Waals surface area contributed by atoms with E-state index in [1.165, 1.54) is 0 Å². The molecule has 0 amide bonds. The second kappa shape index (κ2) is 5.53. The van der Waals surface area contributed by atoms with Crippen LogP contribution >= 0.6 is 0 Å². The summed E-state index contributed by atoms with van der Waals surface area (Å²) in [6.45, 7) is 4.52. The number of rotatable bonds is 3. The molecule has 0 saturated carbocycles. The van der Waals surface area contributed by atoms with Gasteiger partial charge in [0.1, 0.15) is 22.7 Å². The summed E-state index contributed by atoms with van der Waals surface area (Å²) < 4.78 is 10.9. The summed E-state index contributed by atoms with van der Waals surface area (Å²) in [5.41, 5.74) is 3.36. The number of aromatic nitrogens is 2. The molecule has 0 bridgehead atoms. The van der Waals surface area contributed by atoms with Crippen molar-refractivity contribution in [2.75, 3.05) is 6.61 Å². The van der Waals surface area contributed by atoms with Gasteiger partial charge >= 0.3 is 5.63 Å². The first-order valence-electron chi connectivity index (χ1n) is 7.81. The zero-order chi connectivity index (χ0) is 16.7. The van der Waals surface area contributed by atoms with Crippen LogP contribution in [-0.4, -0.2) is 16.6 Å². The molecule has 4 rings (SSSR count). The first-order valence-corrected chi connectivity index (χ1v) is 7.81. The van der Waals surface area contributed by atoms with Gasteiger partial charge in [-0.25, -0.2) is 9.78 Å². The van der Waals surface area contributed by atoms with Gasteiger partial charge in [0.05, 0.1) is 17.6 Å². The predicted octanol–water partition coefficient (Wildman–Crippen LogP) is 4.04. The molecule has 120 valence electrons. The number of hydrogen-bond acceptors (Lipinski definition) is 4. The fourth-order valence-electron chi connectivity index (χ4n) is 2.77. The van der Waals surface area contributed by atoms with E-state index >= 15 is 0 Å². The molecule has 24 heavy (non-hydrogen) atoms. The van der Waals surface area contributed by atoms with Crippen molar-refractivity contribution < 1.29 is 9.15 Å². The van der Waals surface area contributed by atoms with E-state index in [0.29, 0.717) is 23.6 Å². The summed E-state index contributed by atoms with van der Waals surface area (Å²) in [5, 5.41) is 0.798. The number of nitrogens with zero attached hydrogens (tertiary/aromatic N) is 1. The second-order valence-corrected chi connectivity index (χ2v) is 5.69. The van der Waals surface area contributed by atoms with Crippen molar-refractivity contribution in [3.8, 4) is 17.1 Å². The minimum Gasteiger partial charge on any atom is -0.494 e. The van der Waals surface area contributed by atoms with Gasteiger partial charge in [-0.1, -0.05) is 6.07 Å². The molecule has 1 N–H and O–H groups in total. The van der Waals surface area contributed by atoms with Gasteiger partial charge in [-0.2, -0.15) is 0 Å². The van der Waals surface area contributed by atoms with Gasteiger partial charge in [0.25, 0.3) is 0 Å². The molecule has 0 atom stereocenters. The summed E-state index contributed by atoms with van der Waals surface area (Å²) in [7, 11) is 0. The monoisotopic (exact) mass is 320 g/mol. The molecule has 0 radical (unpaired) electrons. The van der Waals surface area contributed by atoms with Crippen molar-refractivity contribution in [1.29, 1.82) is 0 Å². The van der Waals surface area contributed by atoms with Crippen molar-refractivity contribution in [1.82, 2.24) is 9.97 Å². The molecule has 2 aromatic carbocycles. The molecule has 0 spiro atoms. The van der Waals surface area contributed by atoms with E-state index in [1.54, 1.807) is 18.2 Å². The predicted molar refractivity (Wildman–Crippen MR) is 93.5 cm³/mol. The van der Waals surface area contributed by atoms with Crippen molar-refractivity contribution in [3.05, 3.63) is 58.4 Å². The van der Waals surface area contributed by atoms with Crippen molar-refractivity contribution >= 4 is 22.0 Å². The molecule has 0 aliphatic heterocycles. The molecule has 0 aliphatic carbocycles. The van der Waals surface area contributed by atoms with Crippen LogP contribution in [0.1, 0.15) is 12.5 Å². The second-order valence-electron chi connectivity index (χ2n) is 5.69. The molecule has 0 unspecified atom stereocenters. The van der Waals surface area contributed by atoms with Gasteiger partial charge < -0.3 is 14.1 Å². The van der Waals surface area contributed by atoms with Crippen LogP contribution in [0.5, 0.6) is 5.75 Å². The topological polar surface area (TPSA) is 68.1 Å². The maximum absolute atomic E-state index is 12.3. The molecule has 2 heterocycles. The Bertz CT molecular complexity index is 1110. The van der Waals surface area contributed by atoms with Crippen molar-refractivity contribution in [2.45, 2.75) is 13.8 Å². The number of nitrogens with one attached hydrogen (secondary N) is 1. The largest absolute Gasteiger partial charge is 0.494 e. The van der Waals surface area contributed by atoms with Gasteiger partial charge in [0.2, 0.25) is 0 Å². The van der Waals surface area contributed by atoms with Crippen LogP contribution in [0, 0.1) is 6.92 Å². The summed E-state index contributed by atoms with van der Waals surface area (Å²) in [4.78, 5) is 20.0. The van der Waals surface area contributed by atoms with E-state index in [2.05, 4.69) is 9.97 Å². The number of ether oxygens (including phenoxy) is 1. The highest BCUT2D eigenvalue weighted by Crippen LogP contribution is 2.25. The van der Waals surface area contributed by atoms with E-state index in [4.69, 9.17) is 9.15 Å². The number of aromatic amines is 1. The molecule has 2 aromatic heterocycles. The number of aryl methyl sites for hydroxylation is 1. The molecular weight excluding hydrogens is 304 g/mol. The van der Waals surface area contributed by atoms with Crippen LogP contribution in [0.2, 0.25) is 0 Å². The molecule has 4 aromatic rings. The summed E-state index contributed by atoms with van der Waals surface area (Å²) in [6, 6.07) is 13.1. The molecular formula is C19H16N2O3. The third kappa shape index (κ3) is 2.44. The van der Waals surface area contributed by atoms with E-state index in [-0.39, 0.29) is 0 Å². The lowest BCUT2D eigenvalue weighted by molar-refractivity contribution is 0.340. The van der Waals surface area contributed by atoms with E-state index in [9.17, 15) is 4.79 Å². The lowest BCUT2D eigenvalue weighted by Crippen LogP contribution is -2.03. The maximum Gasteiger partial charge on any atom is 0.347 e. The van der Waals surface area contributed by atoms with E-state index < -0.39 is 5.63 Å². The number of imidazole rings is 1. The van der Waals surface area contributed by atoms with Gasteiger partial charge in [-0.15, -0.1) is 0 Å². The number of hydrogen-bond donors (Lipinski definition) is 1. The maximum atomic E-state index is 12.3. The minimum absolute atomic E-state index is 0.407. The summed E-state index contributed by atoms with van der Waals surface area (Å²) in [5.74, 6) is 1.25. The molecule has 0 saturated heterocycles. The zero-order valence-corrected chi connectivity index (χ0v) is 13.4. The lowest BCUT2D eigenvalue weighted by atomic mass is 10.1. The minimum atomic E-state index is -0.414. The fourth-order valence-corrected chi connectivity index (χ4v) is 2.77. The number of H-pyrrole nitrogens is 1. The Morgan fingerprint density at radius 2 is 2.04 bits per heavy atom. The molecule has 5 nitrogen and oxygen atoms in total. The Morgan fingerprint density at radius 1 is 1.17 bits per heavy atom. The Balaban J connectivity index is 1.90. The molecule has 5 heteroatoms. The summed E-state index contributed by atoms with van der Waals surface area (Å²) >= 11 is 0. The van der Waals surface area contributed by atoms with Crippen LogP contribution in [0.4, 0.5) is 0 Å². The zero-order valence-electron chi connectivity index (χ0n) is 13.4. The highest BCUT2D eigenvalue weighted by atomic mass is 16.5.